The van der Waals surface area contributed by atoms with Gasteiger partial charge in [-0.2, -0.15) is 4.98 Å². The average Bonchev–Trinajstić information content (AvgIpc) is 3.43. The van der Waals surface area contributed by atoms with Crippen molar-refractivity contribution in [2.75, 3.05) is 26.8 Å². The Morgan fingerprint density at radius 2 is 2.00 bits per heavy atom. The van der Waals surface area contributed by atoms with Crippen molar-refractivity contribution in [3.63, 3.8) is 0 Å². The van der Waals surface area contributed by atoms with Crippen LogP contribution in [0.25, 0.3) is 0 Å². The van der Waals surface area contributed by atoms with Gasteiger partial charge in [0.1, 0.15) is 5.82 Å². The highest BCUT2D eigenvalue weighted by molar-refractivity contribution is 5.93. The molecule has 0 unspecified atom stereocenters. The fraction of sp³-hybridized carbons (Fsp3) is 0.632. The Labute approximate surface area is 158 Å². The first kappa shape index (κ1) is 18.0. The molecule has 0 atom stereocenters. The molecule has 1 aliphatic carbocycles. The van der Waals surface area contributed by atoms with Gasteiger partial charge in [-0.05, 0) is 39.0 Å². The lowest BCUT2D eigenvalue weighted by Crippen LogP contribution is -2.46. The summed E-state index contributed by atoms with van der Waals surface area (Å²) in [4.78, 5) is 27.6. The Morgan fingerprint density at radius 3 is 2.63 bits per heavy atom. The first-order chi connectivity index (χ1) is 13.1. The number of methoxy groups -OCH3 is 1. The number of aromatic nitrogens is 4. The van der Waals surface area contributed by atoms with Gasteiger partial charge in [0.25, 0.3) is 5.91 Å². The van der Waals surface area contributed by atoms with E-state index in [9.17, 15) is 4.79 Å². The molecule has 8 heteroatoms. The van der Waals surface area contributed by atoms with Gasteiger partial charge in [-0.25, -0.2) is 9.97 Å². The van der Waals surface area contributed by atoms with Crippen molar-refractivity contribution in [3.8, 4) is 0 Å². The number of carbonyl (C=O) groups excluding carboxylic acids is 1. The minimum absolute atomic E-state index is 0.0258. The predicted molar refractivity (Wildman–Crippen MR) is 96.4 cm³/mol. The normalized spacial score (nSPS) is 19.3. The molecule has 8 nitrogen and oxygen atoms in total. The van der Waals surface area contributed by atoms with Crippen LogP contribution in [0.3, 0.4) is 0 Å². The lowest BCUT2D eigenvalue weighted by atomic mass is 9.75. The molecule has 2 fully saturated rings. The van der Waals surface area contributed by atoms with E-state index in [-0.39, 0.29) is 11.3 Å². The number of likely N-dealkylation sites (tertiary alicyclic amines) is 1. The SMILES string of the molecule is COCCC1(c2noc(C3CC3)n2)CCN(C(=O)c2cnc(C)nc2)CC1. The number of carbonyl (C=O) groups is 1. The van der Waals surface area contributed by atoms with Crippen LogP contribution in [-0.2, 0) is 10.2 Å². The maximum absolute atomic E-state index is 12.7. The maximum atomic E-state index is 12.7. The van der Waals surface area contributed by atoms with Crippen molar-refractivity contribution >= 4 is 5.91 Å². The Kier molecular flexibility index (Phi) is 4.90. The van der Waals surface area contributed by atoms with Gasteiger partial charge < -0.3 is 14.2 Å². The van der Waals surface area contributed by atoms with Crippen LogP contribution in [0.4, 0.5) is 0 Å². The minimum atomic E-state index is -0.201. The highest BCUT2D eigenvalue weighted by atomic mass is 16.5. The molecule has 2 aromatic rings. The fourth-order valence-electron chi connectivity index (χ4n) is 3.65. The molecular formula is C19H25N5O3. The zero-order chi connectivity index (χ0) is 18.9. The molecule has 0 bridgehead atoms. The molecule has 3 heterocycles. The molecule has 0 radical (unpaired) electrons. The van der Waals surface area contributed by atoms with E-state index in [1.165, 1.54) is 0 Å². The molecule has 27 heavy (non-hydrogen) atoms. The third-order valence-corrected chi connectivity index (χ3v) is 5.66. The Hall–Kier alpha value is -2.35. The number of aryl methyl sites for hydroxylation is 1. The lowest BCUT2D eigenvalue weighted by Gasteiger charge is -2.39. The van der Waals surface area contributed by atoms with Crippen LogP contribution in [-0.4, -0.2) is 57.7 Å². The number of rotatable bonds is 6. The Balaban J connectivity index is 1.48. The first-order valence-corrected chi connectivity index (χ1v) is 9.52. The van der Waals surface area contributed by atoms with E-state index in [4.69, 9.17) is 14.2 Å². The highest BCUT2D eigenvalue weighted by Crippen LogP contribution is 2.42. The first-order valence-electron chi connectivity index (χ1n) is 9.52. The fourth-order valence-corrected chi connectivity index (χ4v) is 3.65. The number of piperidine rings is 1. The topological polar surface area (TPSA) is 94.2 Å². The lowest BCUT2D eigenvalue weighted by molar-refractivity contribution is 0.0615. The monoisotopic (exact) mass is 371 g/mol. The standard InChI is InChI=1S/C19H25N5O3/c1-13-20-11-15(12-21-13)17(25)24-8-5-19(6-9-24,7-10-26-2)18-22-16(27-23-18)14-3-4-14/h11-12,14H,3-10H2,1-2H3. The molecular weight excluding hydrogens is 346 g/mol. The second-order valence-corrected chi connectivity index (χ2v) is 7.56. The molecule has 1 amide bonds. The van der Waals surface area contributed by atoms with Crippen molar-refractivity contribution in [3.05, 3.63) is 35.5 Å². The van der Waals surface area contributed by atoms with E-state index in [1.54, 1.807) is 26.4 Å². The summed E-state index contributed by atoms with van der Waals surface area (Å²) in [6.45, 7) is 3.72. The molecule has 0 N–H and O–H groups in total. The van der Waals surface area contributed by atoms with Crippen LogP contribution < -0.4 is 0 Å². The van der Waals surface area contributed by atoms with Crippen molar-refractivity contribution in [2.45, 2.75) is 50.4 Å². The van der Waals surface area contributed by atoms with Crippen LogP contribution in [0, 0.1) is 6.92 Å². The van der Waals surface area contributed by atoms with Crippen molar-refractivity contribution in [1.82, 2.24) is 25.0 Å². The van der Waals surface area contributed by atoms with Gasteiger partial charge in [-0.3, -0.25) is 4.79 Å². The number of amides is 1. The number of hydrogen-bond acceptors (Lipinski definition) is 7. The van der Waals surface area contributed by atoms with Crippen LogP contribution in [0.15, 0.2) is 16.9 Å². The summed E-state index contributed by atoms with van der Waals surface area (Å²) in [7, 11) is 1.70. The van der Waals surface area contributed by atoms with E-state index in [1.807, 2.05) is 4.90 Å². The molecule has 1 saturated heterocycles. The second kappa shape index (κ2) is 7.34. The molecule has 2 aliphatic rings. The number of nitrogens with zero attached hydrogens (tertiary/aromatic N) is 5. The largest absolute Gasteiger partial charge is 0.385 e. The summed E-state index contributed by atoms with van der Waals surface area (Å²) < 4.78 is 10.8. The van der Waals surface area contributed by atoms with Gasteiger partial charge in [-0.15, -0.1) is 0 Å². The van der Waals surface area contributed by atoms with Crippen LogP contribution in [0.2, 0.25) is 0 Å². The summed E-state index contributed by atoms with van der Waals surface area (Å²) in [5.41, 5.74) is 0.327. The zero-order valence-electron chi connectivity index (χ0n) is 15.8. The summed E-state index contributed by atoms with van der Waals surface area (Å²) in [5, 5.41) is 4.30. The molecule has 1 saturated carbocycles. The quantitative estimate of drug-likeness (QED) is 0.768. The van der Waals surface area contributed by atoms with E-state index >= 15 is 0 Å². The van der Waals surface area contributed by atoms with Gasteiger partial charge in [0.2, 0.25) is 5.89 Å². The van der Waals surface area contributed by atoms with Crippen LogP contribution >= 0.6 is 0 Å². The highest BCUT2D eigenvalue weighted by Gasteiger charge is 2.42. The molecule has 144 valence electrons. The smallest absolute Gasteiger partial charge is 0.256 e. The third kappa shape index (κ3) is 3.71. The Morgan fingerprint density at radius 1 is 1.30 bits per heavy atom. The van der Waals surface area contributed by atoms with Crippen molar-refractivity contribution in [2.24, 2.45) is 0 Å². The number of hydrogen-bond donors (Lipinski definition) is 0. The number of ether oxygens (including phenoxy) is 1. The van der Waals surface area contributed by atoms with Gasteiger partial charge in [0.15, 0.2) is 5.82 Å². The maximum Gasteiger partial charge on any atom is 0.256 e. The van der Waals surface area contributed by atoms with Crippen LogP contribution in [0.5, 0.6) is 0 Å². The summed E-state index contributed by atoms with van der Waals surface area (Å²) in [6.07, 6.45) is 7.86. The van der Waals surface area contributed by atoms with Crippen molar-refractivity contribution in [1.29, 1.82) is 0 Å². The van der Waals surface area contributed by atoms with Gasteiger partial charge in [-0.1, -0.05) is 5.16 Å². The third-order valence-electron chi connectivity index (χ3n) is 5.66. The zero-order valence-corrected chi connectivity index (χ0v) is 15.8. The van der Waals surface area contributed by atoms with E-state index < -0.39 is 0 Å². The molecule has 0 spiro atoms. The van der Waals surface area contributed by atoms with Gasteiger partial charge in [0, 0.05) is 50.5 Å². The summed E-state index contributed by atoms with van der Waals surface area (Å²) in [5.74, 6) is 2.60. The molecule has 1 aliphatic heterocycles. The summed E-state index contributed by atoms with van der Waals surface area (Å²) in [6, 6.07) is 0. The summed E-state index contributed by atoms with van der Waals surface area (Å²) >= 11 is 0. The predicted octanol–water partition coefficient (Wildman–Crippen LogP) is 2.26. The average molecular weight is 371 g/mol. The molecule has 0 aromatic carbocycles. The minimum Gasteiger partial charge on any atom is -0.385 e. The van der Waals surface area contributed by atoms with Crippen LogP contribution in [0.1, 0.15) is 65.9 Å². The molecule has 4 rings (SSSR count). The van der Waals surface area contributed by atoms with Crippen molar-refractivity contribution < 1.29 is 14.1 Å². The van der Waals surface area contributed by atoms with Gasteiger partial charge >= 0.3 is 0 Å². The Bertz CT molecular complexity index is 792. The molecule has 2 aromatic heterocycles. The van der Waals surface area contributed by atoms with E-state index in [0.29, 0.717) is 37.0 Å². The second-order valence-electron chi connectivity index (χ2n) is 7.56. The van der Waals surface area contributed by atoms with E-state index in [0.717, 1.165) is 43.8 Å². The van der Waals surface area contributed by atoms with Gasteiger partial charge in [0.05, 0.1) is 5.56 Å². The van der Waals surface area contributed by atoms with E-state index in [2.05, 4.69) is 15.1 Å².